The first kappa shape index (κ1) is 21.9. The number of amides is 1. The average molecular weight is 449 g/mol. The number of benzene rings is 4. The molecule has 34 heavy (non-hydrogen) atoms. The van der Waals surface area contributed by atoms with Crippen molar-refractivity contribution in [3.63, 3.8) is 0 Å². The second kappa shape index (κ2) is 9.94. The van der Waals surface area contributed by atoms with Crippen molar-refractivity contribution in [1.82, 2.24) is 5.32 Å². The highest BCUT2D eigenvalue weighted by atomic mass is 16.5. The number of anilines is 1. The fourth-order valence-corrected chi connectivity index (χ4v) is 4.24. The normalized spacial score (nSPS) is 16.6. The van der Waals surface area contributed by atoms with Gasteiger partial charge in [0.1, 0.15) is 5.75 Å². The van der Waals surface area contributed by atoms with Crippen LogP contribution in [0.2, 0.25) is 0 Å². The summed E-state index contributed by atoms with van der Waals surface area (Å²) in [6.07, 6.45) is 1.13. The summed E-state index contributed by atoms with van der Waals surface area (Å²) < 4.78 is 5.22. The molecule has 1 amide bonds. The first-order chi connectivity index (χ1) is 16.7. The molecule has 1 fully saturated rings. The van der Waals surface area contributed by atoms with E-state index in [4.69, 9.17) is 4.74 Å². The van der Waals surface area contributed by atoms with Gasteiger partial charge in [0.25, 0.3) is 5.91 Å². The Hall–Kier alpha value is -3.89. The third-order valence-electron chi connectivity index (χ3n) is 6.37. The van der Waals surface area contributed by atoms with Crippen LogP contribution in [-0.2, 0) is 6.54 Å². The molecule has 0 aliphatic heterocycles. The molecule has 4 heteroatoms. The summed E-state index contributed by atoms with van der Waals surface area (Å²) in [6, 6.07) is 34.8. The molecule has 1 aliphatic carbocycles. The minimum atomic E-state index is -0.0992. The van der Waals surface area contributed by atoms with E-state index in [0.29, 0.717) is 17.5 Å². The number of nitrogens with one attached hydrogen (secondary N) is 2. The van der Waals surface area contributed by atoms with Crippen molar-refractivity contribution in [1.29, 1.82) is 0 Å². The van der Waals surface area contributed by atoms with Crippen molar-refractivity contribution in [3.05, 3.63) is 120 Å². The van der Waals surface area contributed by atoms with Crippen molar-refractivity contribution >= 4 is 11.6 Å². The molecular weight excluding hydrogens is 420 g/mol. The first-order valence-electron chi connectivity index (χ1n) is 11.6. The Labute approximate surface area is 200 Å². The third-order valence-corrected chi connectivity index (χ3v) is 6.37. The Kier molecular flexibility index (Phi) is 6.41. The van der Waals surface area contributed by atoms with Crippen LogP contribution < -0.4 is 15.4 Å². The Morgan fingerprint density at radius 2 is 1.50 bits per heavy atom. The van der Waals surface area contributed by atoms with Crippen LogP contribution >= 0.6 is 0 Å². The fourth-order valence-electron chi connectivity index (χ4n) is 4.24. The molecule has 4 aromatic rings. The molecule has 1 aliphatic rings. The molecule has 1 saturated carbocycles. The number of rotatable bonds is 8. The Morgan fingerprint density at radius 1 is 0.824 bits per heavy atom. The fraction of sp³-hybridized carbons (Fsp3) is 0.167. The van der Waals surface area contributed by atoms with E-state index in [2.05, 4.69) is 47.0 Å². The first-order valence-corrected chi connectivity index (χ1v) is 11.6. The molecular formula is C30H28N2O2. The smallest absolute Gasteiger partial charge is 0.255 e. The lowest BCUT2D eigenvalue weighted by molar-refractivity contribution is 0.102. The monoisotopic (exact) mass is 448 g/mol. The molecule has 0 heterocycles. The van der Waals surface area contributed by atoms with Crippen LogP contribution in [0.5, 0.6) is 5.75 Å². The van der Waals surface area contributed by atoms with E-state index in [1.807, 2.05) is 66.7 Å². The lowest BCUT2D eigenvalue weighted by atomic mass is 10.0. The minimum absolute atomic E-state index is 0.0992. The predicted octanol–water partition coefficient (Wildman–Crippen LogP) is 6.26. The number of ether oxygens (including phenoxy) is 1. The maximum Gasteiger partial charge on any atom is 0.255 e. The number of hydrogen-bond donors (Lipinski definition) is 2. The highest BCUT2D eigenvalue weighted by molar-refractivity contribution is 6.04. The van der Waals surface area contributed by atoms with Gasteiger partial charge in [-0.3, -0.25) is 4.79 Å². The molecule has 4 aromatic carbocycles. The average Bonchev–Trinajstić information content (AvgIpc) is 3.68. The standard InChI is InChI=1S/C30H28N2O2/c1-34-27-17-7-21(8-18-27)20-31-29-19-28(29)24-13-15-26(16-14-24)32-30(33)25-11-9-23(10-12-25)22-5-3-2-4-6-22/h2-18,28-29,31H,19-20H2,1H3,(H,32,33)/t28-,29+/m0/s1. The van der Waals surface area contributed by atoms with Crippen LogP contribution in [0.3, 0.4) is 0 Å². The van der Waals surface area contributed by atoms with Crippen molar-refractivity contribution in [2.24, 2.45) is 0 Å². The van der Waals surface area contributed by atoms with Crippen LogP contribution in [-0.4, -0.2) is 19.1 Å². The maximum atomic E-state index is 12.7. The van der Waals surface area contributed by atoms with Gasteiger partial charge in [-0.1, -0.05) is 66.7 Å². The van der Waals surface area contributed by atoms with Gasteiger partial charge in [0.15, 0.2) is 0 Å². The van der Waals surface area contributed by atoms with Gasteiger partial charge < -0.3 is 15.4 Å². The van der Waals surface area contributed by atoms with Crippen LogP contribution in [0.25, 0.3) is 11.1 Å². The summed E-state index contributed by atoms with van der Waals surface area (Å²) in [7, 11) is 1.68. The molecule has 0 spiro atoms. The van der Waals surface area contributed by atoms with E-state index >= 15 is 0 Å². The van der Waals surface area contributed by atoms with Gasteiger partial charge >= 0.3 is 0 Å². The van der Waals surface area contributed by atoms with E-state index in [0.717, 1.165) is 35.5 Å². The van der Waals surface area contributed by atoms with Crippen molar-refractivity contribution < 1.29 is 9.53 Å². The SMILES string of the molecule is COc1ccc(CN[C@@H]2C[C@H]2c2ccc(NC(=O)c3ccc(-c4ccccc4)cc3)cc2)cc1. The zero-order chi connectivity index (χ0) is 23.3. The minimum Gasteiger partial charge on any atom is -0.497 e. The van der Waals surface area contributed by atoms with Gasteiger partial charge in [-0.15, -0.1) is 0 Å². The van der Waals surface area contributed by atoms with E-state index in [1.54, 1.807) is 7.11 Å². The van der Waals surface area contributed by atoms with Gasteiger partial charge in [-0.2, -0.15) is 0 Å². The Morgan fingerprint density at radius 3 is 2.18 bits per heavy atom. The molecule has 2 N–H and O–H groups in total. The number of carbonyl (C=O) groups is 1. The summed E-state index contributed by atoms with van der Waals surface area (Å²) in [6.45, 7) is 0.850. The summed E-state index contributed by atoms with van der Waals surface area (Å²) >= 11 is 0. The van der Waals surface area contributed by atoms with Crippen LogP contribution in [0, 0.1) is 0 Å². The summed E-state index contributed by atoms with van der Waals surface area (Å²) in [5, 5.41) is 6.64. The summed E-state index contributed by atoms with van der Waals surface area (Å²) in [4.78, 5) is 12.7. The predicted molar refractivity (Wildman–Crippen MR) is 137 cm³/mol. The number of carbonyl (C=O) groups excluding carboxylic acids is 1. The molecule has 0 bridgehead atoms. The molecule has 5 rings (SSSR count). The molecule has 170 valence electrons. The highest BCUT2D eigenvalue weighted by Crippen LogP contribution is 2.41. The second-order valence-corrected chi connectivity index (χ2v) is 8.70. The Balaban J connectivity index is 1.13. The highest BCUT2D eigenvalue weighted by Gasteiger charge is 2.37. The maximum absolute atomic E-state index is 12.7. The molecule has 0 radical (unpaired) electrons. The Bertz CT molecular complexity index is 1230. The van der Waals surface area contributed by atoms with Crippen molar-refractivity contribution in [2.45, 2.75) is 24.9 Å². The van der Waals surface area contributed by atoms with Crippen molar-refractivity contribution in [2.75, 3.05) is 12.4 Å². The number of hydrogen-bond acceptors (Lipinski definition) is 3. The molecule has 0 saturated heterocycles. The van der Waals surface area contributed by atoms with E-state index in [-0.39, 0.29) is 5.91 Å². The zero-order valence-electron chi connectivity index (χ0n) is 19.2. The molecule has 4 nitrogen and oxygen atoms in total. The van der Waals surface area contributed by atoms with Crippen molar-refractivity contribution in [3.8, 4) is 16.9 Å². The summed E-state index contributed by atoms with van der Waals surface area (Å²) in [5.74, 6) is 1.30. The van der Waals surface area contributed by atoms with E-state index < -0.39 is 0 Å². The lowest BCUT2D eigenvalue weighted by Gasteiger charge is -2.08. The topological polar surface area (TPSA) is 50.4 Å². The lowest BCUT2D eigenvalue weighted by Crippen LogP contribution is -2.17. The van der Waals surface area contributed by atoms with E-state index in [9.17, 15) is 4.79 Å². The largest absolute Gasteiger partial charge is 0.497 e. The molecule has 0 unspecified atom stereocenters. The van der Waals surface area contributed by atoms with Crippen LogP contribution in [0.4, 0.5) is 5.69 Å². The number of methoxy groups -OCH3 is 1. The quantitative estimate of drug-likeness (QED) is 0.334. The van der Waals surface area contributed by atoms with Gasteiger partial charge in [0, 0.05) is 29.8 Å². The van der Waals surface area contributed by atoms with Crippen LogP contribution in [0.15, 0.2) is 103 Å². The zero-order valence-corrected chi connectivity index (χ0v) is 19.2. The van der Waals surface area contributed by atoms with E-state index in [1.165, 1.54) is 11.1 Å². The van der Waals surface area contributed by atoms with Crippen LogP contribution in [0.1, 0.15) is 33.8 Å². The summed E-state index contributed by atoms with van der Waals surface area (Å²) in [5.41, 5.74) is 6.25. The van der Waals surface area contributed by atoms with Gasteiger partial charge in [-0.25, -0.2) is 0 Å². The van der Waals surface area contributed by atoms with Gasteiger partial charge in [0.2, 0.25) is 0 Å². The second-order valence-electron chi connectivity index (χ2n) is 8.70. The van der Waals surface area contributed by atoms with Gasteiger partial charge in [-0.05, 0) is 65.1 Å². The van der Waals surface area contributed by atoms with Gasteiger partial charge in [0.05, 0.1) is 7.11 Å². The third kappa shape index (κ3) is 5.19. The molecule has 0 aromatic heterocycles. The molecule has 2 atom stereocenters.